The van der Waals surface area contributed by atoms with Crippen molar-refractivity contribution in [1.82, 2.24) is 28.9 Å². The van der Waals surface area contributed by atoms with Gasteiger partial charge in [-0.25, -0.2) is 19.6 Å². The first kappa shape index (κ1) is 29.7. The molecule has 4 aromatic heterocycles. The Kier molecular flexibility index (Phi) is 7.82. The molecule has 1 aliphatic heterocycles. The van der Waals surface area contributed by atoms with E-state index < -0.39 is 23.9 Å². The standard InChI is InChI=1S/C31H40N8O5/c1-19-7-6-11-36-16-22(34-27(19)36)17-38(30(43)44-31(2,3)4)26-13-25(32-14-21-10-12-37(29(41)42)18-24(21)40)35-28-23(15-33-39(26)28)20-8-5-9-20/h6-7,11,13,15-16,20-21,24,40H,5,8-10,12,14,17-18H2,1-4H3,(H,32,35)(H,41,42)/t21-,24+/m1/s1. The number of aryl methyl sites for hydroxylation is 1. The highest BCUT2D eigenvalue weighted by molar-refractivity contribution is 5.88. The Morgan fingerprint density at radius 1 is 1.18 bits per heavy atom. The highest BCUT2D eigenvalue weighted by atomic mass is 16.6. The predicted octanol–water partition coefficient (Wildman–Crippen LogP) is 4.67. The molecule has 0 radical (unpaired) electrons. The third-order valence-electron chi connectivity index (χ3n) is 8.50. The number of carboxylic acid groups (broad SMARTS) is 1. The number of aliphatic hydroxyl groups is 1. The number of likely N-dealkylation sites (tertiary alicyclic amines) is 1. The predicted molar refractivity (Wildman–Crippen MR) is 164 cm³/mol. The van der Waals surface area contributed by atoms with Crippen LogP contribution in [0.2, 0.25) is 0 Å². The van der Waals surface area contributed by atoms with Gasteiger partial charge in [-0.15, -0.1) is 0 Å². The summed E-state index contributed by atoms with van der Waals surface area (Å²) >= 11 is 0. The van der Waals surface area contributed by atoms with E-state index in [9.17, 15) is 19.8 Å². The number of carbonyl (C=O) groups excluding carboxylic acids is 1. The molecule has 13 nitrogen and oxygen atoms in total. The topological polar surface area (TPSA) is 150 Å². The number of rotatable bonds is 7. The van der Waals surface area contributed by atoms with Crippen LogP contribution in [0.4, 0.5) is 21.2 Å². The van der Waals surface area contributed by atoms with Crippen molar-refractivity contribution in [2.75, 3.05) is 29.9 Å². The van der Waals surface area contributed by atoms with E-state index in [4.69, 9.17) is 19.8 Å². The van der Waals surface area contributed by atoms with Crippen LogP contribution in [0.25, 0.3) is 11.3 Å². The molecule has 0 aromatic carbocycles. The molecule has 234 valence electrons. The SMILES string of the molecule is Cc1cccn2cc(CN(C(=O)OC(C)(C)C)c3cc(NC[C@H]4CCN(C(=O)O)C[C@@H]4O)nc4c(C5CCC5)cnn34)nc12. The lowest BCUT2D eigenvalue weighted by Gasteiger charge is -2.34. The number of hydrogen-bond donors (Lipinski definition) is 3. The first-order chi connectivity index (χ1) is 21.0. The number of piperidine rings is 1. The minimum Gasteiger partial charge on any atom is -0.465 e. The molecule has 1 aliphatic carbocycles. The van der Waals surface area contributed by atoms with Crippen LogP contribution in [0.5, 0.6) is 0 Å². The second-order valence-corrected chi connectivity index (χ2v) is 12.9. The van der Waals surface area contributed by atoms with Gasteiger partial charge in [0.2, 0.25) is 0 Å². The molecule has 0 spiro atoms. The molecule has 1 saturated carbocycles. The van der Waals surface area contributed by atoms with Crippen molar-refractivity contribution in [2.45, 2.75) is 77.5 Å². The lowest BCUT2D eigenvalue weighted by molar-refractivity contribution is 0.0294. The molecule has 4 aromatic rings. The summed E-state index contributed by atoms with van der Waals surface area (Å²) in [4.78, 5) is 37.7. The van der Waals surface area contributed by atoms with E-state index in [1.165, 1.54) is 4.90 Å². The number of nitrogens with one attached hydrogen (secondary N) is 1. The molecule has 3 N–H and O–H groups in total. The van der Waals surface area contributed by atoms with Gasteiger partial charge in [0.05, 0.1) is 31.1 Å². The molecular weight excluding hydrogens is 564 g/mol. The van der Waals surface area contributed by atoms with Crippen LogP contribution in [0, 0.1) is 12.8 Å². The minimum absolute atomic E-state index is 0.0682. The number of imidazole rings is 1. The summed E-state index contributed by atoms with van der Waals surface area (Å²) in [6.45, 7) is 8.44. The van der Waals surface area contributed by atoms with Crippen LogP contribution in [0.3, 0.4) is 0 Å². The van der Waals surface area contributed by atoms with Gasteiger partial charge in [0, 0.05) is 43.0 Å². The normalized spacial score (nSPS) is 19.2. The van der Waals surface area contributed by atoms with Gasteiger partial charge < -0.3 is 29.6 Å². The third kappa shape index (κ3) is 6.01. The minimum atomic E-state index is -1.03. The van der Waals surface area contributed by atoms with Crippen molar-refractivity contribution in [1.29, 1.82) is 0 Å². The highest BCUT2D eigenvalue weighted by Crippen LogP contribution is 2.39. The van der Waals surface area contributed by atoms with Crippen LogP contribution < -0.4 is 10.2 Å². The summed E-state index contributed by atoms with van der Waals surface area (Å²) in [5.41, 5.74) is 3.48. The first-order valence-electron chi connectivity index (χ1n) is 15.2. The van der Waals surface area contributed by atoms with Gasteiger partial charge in [0.25, 0.3) is 0 Å². The molecular formula is C31H40N8O5. The summed E-state index contributed by atoms with van der Waals surface area (Å²) < 4.78 is 9.52. The number of amides is 2. The highest BCUT2D eigenvalue weighted by Gasteiger charge is 2.32. The Hall–Kier alpha value is -4.39. The van der Waals surface area contributed by atoms with Gasteiger partial charge in [-0.2, -0.15) is 9.61 Å². The Labute approximate surface area is 255 Å². The smallest absolute Gasteiger partial charge is 0.416 e. The number of ether oxygens (including phenoxy) is 1. The molecule has 5 heterocycles. The molecule has 13 heteroatoms. The van der Waals surface area contributed by atoms with Crippen LogP contribution >= 0.6 is 0 Å². The fraction of sp³-hybridized carbons (Fsp3) is 0.516. The van der Waals surface area contributed by atoms with Gasteiger partial charge in [0.15, 0.2) is 5.65 Å². The molecule has 1 saturated heterocycles. The zero-order valence-electron chi connectivity index (χ0n) is 25.6. The molecule has 6 rings (SSSR count). The number of carbonyl (C=O) groups is 2. The van der Waals surface area contributed by atoms with Gasteiger partial charge in [-0.1, -0.05) is 12.5 Å². The average molecular weight is 605 g/mol. The molecule has 2 amide bonds. The average Bonchev–Trinajstić information content (AvgIpc) is 3.54. The van der Waals surface area contributed by atoms with E-state index in [1.54, 1.807) is 15.5 Å². The zero-order valence-corrected chi connectivity index (χ0v) is 25.6. The molecule has 2 fully saturated rings. The Balaban J connectivity index is 1.37. The van der Waals surface area contributed by atoms with Crippen molar-refractivity contribution in [3.05, 3.63) is 53.6 Å². The second kappa shape index (κ2) is 11.6. The summed E-state index contributed by atoms with van der Waals surface area (Å²) in [6.07, 6.45) is 7.09. The number of fused-ring (bicyclic) bond motifs is 2. The van der Waals surface area contributed by atoms with Crippen LogP contribution in [0.15, 0.2) is 36.8 Å². The maximum atomic E-state index is 13.8. The fourth-order valence-corrected chi connectivity index (χ4v) is 5.88. The zero-order chi connectivity index (χ0) is 31.2. The third-order valence-corrected chi connectivity index (χ3v) is 8.50. The van der Waals surface area contributed by atoms with E-state index >= 15 is 0 Å². The Bertz CT molecular complexity index is 1690. The van der Waals surface area contributed by atoms with Crippen LogP contribution in [-0.4, -0.2) is 82.6 Å². The number of pyridine rings is 1. The van der Waals surface area contributed by atoms with E-state index in [0.717, 1.165) is 36.0 Å². The lowest BCUT2D eigenvalue weighted by Crippen LogP contribution is -2.47. The van der Waals surface area contributed by atoms with Crippen molar-refractivity contribution in [2.24, 2.45) is 5.92 Å². The quantitative estimate of drug-likeness (QED) is 0.274. The largest absolute Gasteiger partial charge is 0.465 e. The van der Waals surface area contributed by atoms with E-state index in [2.05, 4.69) is 5.32 Å². The number of anilines is 2. The Morgan fingerprint density at radius 3 is 2.64 bits per heavy atom. The number of hydrogen-bond acceptors (Lipinski definition) is 8. The number of aromatic nitrogens is 5. The van der Waals surface area contributed by atoms with E-state index in [-0.39, 0.29) is 19.0 Å². The molecule has 0 bridgehead atoms. The number of nitrogens with zero attached hydrogens (tertiary/aromatic N) is 7. The molecule has 0 unspecified atom stereocenters. The second-order valence-electron chi connectivity index (χ2n) is 12.9. The van der Waals surface area contributed by atoms with Crippen molar-refractivity contribution in [3.8, 4) is 0 Å². The maximum Gasteiger partial charge on any atom is 0.416 e. The summed E-state index contributed by atoms with van der Waals surface area (Å²) in [7, 11) is 0. The van der Waals surface area contributed by atoms with Gasteiger partial charge >= 0.3 is 12.2 Å². The summed E-state index contributed by atoms with van der Waals surface area (Å²) in [5, 5.41) is 28.1. The summed E-state index contributed by atoms with van der Waals surface area (Å²) in [5.74, 6) is 1.20. The van der Waals surface area contributed by atoms with Gasteiger partial charge in [-0.05, 0) is 64.5 Å². The monoisotopic (exact) mass is 604 g/mol. The molecule has 2 aliphatic rings. The Morgan fingerprint density at radius 2 is 1.98 bits per heavy atom. The van der Waals surface area contributed by atoms with Gasteiger partial charge in [-0.3, -0.25) is 4.90 Å². The lowest BCUT2D eigenvalue weighted by atomic mass is 9.81. The first-order valence-corrected chi connectivity index (χ1v) is 15.2. The van der Waals surface area contributed by atoms with Crippen LogP contribution in [-0.2, 0) is 11.3 Å². The van der Waals surface area contributed by atoms with Crippen molar-refractivity contribution in [3.63, 3.8) is 0 Å². The van der Waals surface area contributed by atoms with Crippen LogP contribution in [0.1, 0.15) is 69.2 Å². The van der Waals surface area contributed by atoms with Gasteiger partial charge in [0.1, 0.15) is 22.9 Å². The number of β-amino-alcohol motifs (C(OH)–C–C–N with tert-alkyl or cyclic N) is 1. The fourth-order valence-electron chi connectivity index (χ4n) is 5.88. The van der Waals surface area contributed by atoms with Crippen molar-refractivity contribution < 1.29 is 24.5 Å². The van der Waals surface area contributed by atoms with E-state index in [0.29, 0.717) is 48.4 Å². The molecule has 2 atom stereocenters. The van der Waals surface area contributed by atoms with Crippen molar-refractivity contribution >= 4 is 35.1 Å². The number of aliphatic hydroxyl groups excluding tert-OH is 1. The van der Waals surface area contributed by atoms with E-state index in [1.807, 2.05) is 62.8 Å². The summed E-state index contributed by atoms with van der Waals surface area (Å²) in [6, 6.07) is 5.72. The maximum absolute atomic E-state index is 13.8. The molecule has 44 heavy (non-hydrogen) atoms.